The first-order valence-electron chi connectivity index (χ1n) is 9.94. The lowest BCUT2D eigenvalue weighted by atomic mass is 9.98. The molecule has 158 valence electrons. The summed E-state index contributed by atoms with van der Waals surface area (Å²) in [5, 5.41) is 2.75. The molecule has 8 heteroatoms. The number of rotatable bonds is 5. The van der Waals surface area contributed by atoms with E-state index in [9.17, 15) is 13.2 Å². The number of halogens is 1. The van der Waals surface area contributed by atoms with Gasteiger partial charge in [-0.15, -0.1) is 0 Å². The van der Waals surface area contributed by atoms with Gasteiger partial charge in [0.05, 0.1) is 17.9 Å². The van der Waals surface area contributed by atoms with Crippen LogP contribution in [0.2, 0.25) is 0 Å². The number of urea groups is 1. The Labute approximate surface area is 172 Å². The quantitative estimate of drug-likeness (QED) is 0.716. The molecular weight excluding hydrogens is 393 g/mol. The SMILES string of the molecule is CCNC(=O)N1CC[C@H](NS(C)(=O)=O)[C@@H]1Cc1cccc(C#CC2(C)CC2)c1F. The highest BCUT2D eigenvalue weighted by atomic mass is 32.2. The Morgan fingerprint density at radius 3 is 2.72 bits per heavy atom. The molecule has 29 heavy (non-hydrogen) atoms. The van der Waals surface area contributed by atoms with Crippen LogP contribution in [0.5, 0.6) is 0 Å². The van der Waals surface area contributed by atoms with Crippen molar-refractivity contribution >= 4 is 16.1 Å². The molecule has 2 fully saturated rings. The van der Waals surface area contributed by atoms with Crippen LogP contribution in [0.25, 0.3) is 0 Å². The van der Waals surface area contributed by atoms with E-state index in [1.807, 2.05) is 6.92 Å². The van der Waals surface area contributed by atoms with Crippen molar-refractivity contribution in [2.45, 2.75) is 51.6 Å². The van der Waals surface area contributed by atoms with E-state index in [1.165, 1.54) is 0 Å². The van der Waals surface area contributed by atoms with E-state index in [0.29, 0.717) is 30.6 Å². The Bertz CT molecular complexity index is 948. The number of hydrogen-bond acceptors (Lipinski definition) is 3. The van der Waals surface area contributed by atoms with Crippen molar-refractivity contribution in [1.82, 2.24) is 14.9 Å². The summed E-state index contributed by atoms with van der Waals surface area (Å²) in [5.41, 5.74) is 0.762. The molecule has 0 aromatic heterocycles. The fourth-order valence-electron chi connectivity index (χ4n) is 3.61. The summed E-state index contributed by atoms with van der Waals surface area (Å²) in [7, 11) is -3.45. The first-order valence-corrected chi connectivity index (χ1v) is 11.8. The zero-order valence-electron chi connectivity index (χ0n) is 17.1. The number of amides is 2. The molecule has 0 spiro atoms. The number of carbonyl (C=O) groups excluding carboxylic acids is 1. The number of likely N-dealkylation sites (tertiary alicyclic amines) is 1. The summed E-state index contributed by atoms with van der Waals surface area (Å²) in [4.78, 5) is 14.0. The van der Waals surface area contributed by atoms with Crippen molar-refractivity contribution in [3.8, 4) is 11.8 Å². The number of hydrogen-bond donors (Lipinski definition) is 2. The van der Waals surface area contributed by atoms with Crippen molar-refractivity contribution in [1.29, 1.82) is 0 Å². The van der Waals surface area contributed by atoms with Crippen LogP contribution in [-0.4, -0.2) is 50.8 Å². The minimum Gasteiger partial charge on any atom is -0.338 e. The van der Waals surface area contributed by atoms with Crippen LogP contribution >= 0.6 is 0 Å². The van der Waals surface area contributed by atoms with Gasteiger partial charge in [-0.25, -0.2) is 22.3 Å². The first kappa shape index (κ1) is 21.6. The molecule has 1 aromatic rings. The van der Waals surface area contributed by atoms with Gasteiger partial charge in [-0.05, 0) is 51.2 Å². The highest BCUT2D eigenvalue weighted by Crippen LogP contribution is 2.44. The summed E-state index contributed by atoms with van der Waals surface area (Å²) in [6.07, 6.45) is 3.85. The van der Waals surface area contributed by atoms with Crippen molar-refractivity contribution in [3.63, 3.8) is 0 Å². The Balaban J connectivity index is 1.86. The van der Waals surface area contributed by atoms with Gasteiger partial charge in [-0.2, -0.15) is 0 Å². The van der Waals surface area contributed by atoms with Crippen LogP contribution in [0.4, 0.5) is 9.18 Å². The normalized spacial score (nSPS) is 22.7. The molecule has 3 rings (SSSR count). The lowest BCUT2D eigenvalue weighted by Gasteiger charge is -2.28. The Kier molecular flexibility index (Phi) is 6.20. The van der Waals surface area contributed by atoms with Crippen molar-refractivity contribution in [2.24, 2.45) is 5.41 Å². The van der Waals surface area contributed by atoms with Gasteiger partial charge < -0.3 is 10.2 Å². The molecule has 1 aliphatic heterocycles. The topological polar surface area (TPSA) is 78.5 Å². The predicted octanol–water partition coefficient (Wildman–Crippen LogP) is 2.24. The van der Waals surface area contributed by atoms with Gasteiger partial charge in [0, 0.05) is 24.5 Å². The van der Waals surface area contributed by atoms with Crippen LogP contribution in [0, 0.1) is 23.1 Å². The Morgan fingerprint density at radius 2 is 2.10 bits per heavy atom. The maximum Gasteiger partial charge on any atom is 0.317 e. The average Bonchev–Trinajstić information content (AvgIpc) is 3.25. The van der Waals surface area contributed by atoms with Crippen LogP contribution in [-0.2, 0) is 16.4 Å². The average molecular weight is 422 g/mol. The molecule has 1 saturated carbocycles. The third-order valence-corrected chi connectivity index (χ3v) is 6.24. The summed E-state index contributed by atoms with van der Waals surface area (Å²) < 4.78 is 41.2. The molecule has 2 amide bonds. The van der Waals surface area contributed by atoms with Crippen LogP contribution in [0.1, 0.15) is 44.2 Å². The van der Waals surface area contributed by atoms with Gasteiger partial charge >= 0.3 is 6.03 Å². The zero-order valence-corrected chi connectivity index (χ0v) is 17.9. The molecule has 2 atom stereocenters. The number of nitrogens with one attached hydrogen (secondary N) is 2. The standard InChI is InChI=1S/C21H28FN3O3S/c1-4-23-20(26)25-13-9-17(24-29(3,27)28)18(25)14-16-7-5-6-15(19(16)22)8-10-21(2)11-12-21/h5-7,17-18,24H,4,9,11-14H2,1-3H3,(H,23,26)/t17-,18-/m0/s1. The molecule has 6 nitrogen and oxygen atoms in total. The van der Waals surface area contributed by atoms with E-state index in [4.69, 9.17) is 0 Å². The number of nitrogens with zero attached hydrogens (tertiary/aromatic N) is 1. The highest BCUT2D eigenvalue weighted by Gasteiger charge is 2.39. The summed E-state index contributed by atoms with van der Waals surface area (Å²) >= 11 is 0. The summed E-state index contributed by atoms with van der Waals surface area (Å²) in [5.74, 6) is 5.70. The fourth-order valence-corrected chi connectivity index (χ4v) is 4.44. The van der Waals surface area contributed by atoms with E-state index >= 15 is 4.39 Å². The number of sulfonamides is 1. The van der Waals surface area contributed by atoms with E-state index in [-0.39, 0.29) is 17.9 Å². The zero-order chi connectivity index (χ0) is 21.2. The van der Waals surface area contributed by atoms with Crippen LogP contribution < -0.4 is 10.0 Å². The third-order valence-electron chi connectivity index (χ3n) is 5.51. The second-order valence-electron chi connectivity index (χ2n) is 8.17. The number of benzene rings is 1. The molecule has 1 heterocycles. The second-order valence-corrected chi connectivity index (χ2v) is 9.95. The monoisotopic (exact) mass is 421 g/mol. The molecular formula is C21H28FN3O3S. The van der Waals surface area contributed by atoms with Gasteiger partial charge in [0.1, 0.15) is 5.82 Å². The van der Waals surface area contributed by atoms with E-state index in [1.54, 1.807) is 23.1 Å². The Hall–Kier alpha value is -2.11. The smallest absolute Gasteiger partial charge is 0.317 e. The first-order chi connectivity index (χ1) is 13.6. The molecule has 2 aliphatic rings. The van der Waals surface area contributed by atoms with Gasteiger partial charge in [0.25, 0.3) is 0 Å². The van der Waals surface area contributed by atoms with Crippen LogP contribution in [0.3, 0.4) is 0 Å². The van der Waals surface area contributed by atoms with Crippen molar-refractivity contribution in [2.75, 3.05) is 19.3 Å². The maximum atomic E-state index is 15.1. The molecule has 0 radical (unpaired) electrons. The minimum absolute atomic E-state index is 0.00651. The molecule has 2 N–H and O–H groups in total. The Morgan fingerprint density at radius 1 is 1.38 bits per heavy atom. The van der Waals surface area contributed by atoms with Gasteiger partial charge in [0.15, 0.2) is 0 Å². The predicted molar refractivity (Wildman–Crippen MR) is 110 cm³/mol. The minimum atomic E-state index is -3.45. The summed E-state index contributed by atoms with van der Waals surface area (Å²) in [6, 6.07) is 3.86. The third kappa shape index (κ3) is 5.49. The summed E-state index contributed by atoms with van der Waals surface area (Å²) in [6.45, 7) is 4.75. The fraction of sp³-hybridized carbons (Fsp3) is 0.571. The second kappa shape index (κ2) is 8.33. The van der Waals surface area contributed by atoms with Crippen molar-refractivity contribution in [3.05, 3.63) is 35.1 Å². The number of carbonyl (C=O) groups is 1. The lowest BCUT2D eigenvalue weighted by molar-refractivity contribution is 0.189. The highest BCUT2D eigenvalue weighted by molar-refractivity contribution is 7.88. The lowest BCUT2D eigenvalue weighted by Crippen LogP contribution is -2.50. The molecule has 0 bridgehead atoms. The van der Waals surface area contributed by atoms with Crippen LogP contribution in [0.15, 0.2) is 18.2 Å². The molecule has 1 saturated heterocycles. The van der Waals surface area contributed by atoms with E-state index < -0.39 is 27.9 Å². The molecule has 1 aromatic carbocycles. The van der Waals surface area contributed by atoms with E-state index in [2.05, 4.69) is 28.8 Å². The maximum absolute atomic E-state index is 15.1. The largest absolute Gasteiger partial charge is 0.338 e. The molecule has 0 unspecified atom stereocenters. The van der Waals surface area contributed by atoms with Gasteiger partial charge in [-0.3, -0.25) is 0 Å². The van der Waals surface area contributed by atoms with Gasteiger partial charge in [-0.1, -0.05) is 24.0 Å². The van der Waals surface area contributed by atoms with Gasteiger partial charge in [0.2, 0.25) is 10.0 Å². The van der Waals surface area contributed by atoms with E-state index in [0.717, 1.165) is 19.1 Å². The van der Waals surface area contributed by atoms with Crippen molar-refractivity contribution < 1.29 is 17.6 Å². The molecule has 1 aliphatic carbocycles.